The van der Waals surface area contributed by atoms with Crippen LogP contribution in [-0.4, -0.2) is 70.7 Å². The predicted octanol–water partition coefficient (Wildman–Crippen LogP) is 3.32. The topological polar surface area (TPSA) is 70.8 Å². The summed E-state index contributed by atoms with van der Waals surface area (Å²) in [6.07, 6.45) is 6.69. The number of urea groups is 1. The lowest BCUT2D eigenvalue weighted by atomic mass is 9.67. The van der Waals surface area contributed by atoms with Gasteiger partial charge in [-0.1, -0.05) is 30.3 Å². The van der Waals surface area contributed by atoms with Crippen molar-refractivity contribution in [3.63, 3.8) is 0 Å². The summed E-state index contributed by atoms with van der Waals surface area (Å²) in [5.41, 5.74) is 0.323. The van der Waals surface area contributed by atoms with Crippen molar-refractivity contribution in [1.29, 1.82) is 5.26 Å². The number of β-amino-alcohol motifs (C(OH)–C–C–N with tert-alkyl or cyclic N) is 1. The van der Waals surface area contributed by atoms with Crippen LogP contribution in [0, 0.1) is 11.3 Å². The molecule has 2 aliphatic carbocycles. The van der Waals surface area contributed by atoms with Crippen LogP contribution >= 0.6 is 0 Å². The molecular weight excluding hydrogens is 376 g/mol. The van der Waals surface area contributed by atoms with Gasteiger partial charge in [0.2, 0.25) is 0 Å². The second-order valence-corrected chi connectivity index (χ2v) is 9.79. The van der Waals surface area contributed by atoms with Crippen molar-refractivity contribution in [3.05, 3.63) is 35.9 Å². The fourth-order valence-electron chi connectivity index (χ4n) is 5.81. The molecule has 1 aromatic carbocycles. The van der Waals surface area contributed by atoms with Gasteiger partial charge in [-0.3, -0.25) is 4.90 Å². The summed E-state index contributed by atoms with van der Waals surface area (Å²) in [6, 6.07) is 12.9. The van der Waals surface area contributed by atoms with E-state index in [0.717, 1.165) is 44.9 Å². The van der Waals surface area contributed by atoms with Crippen LogP contribution in [0.15, 0.2) is 30.3 Å². The Hall–Kier alpha value is -2.10. The Bertz CT molecular complexity index is 804. The highest BCUT2D eigenvalue weighted by molar-refractivity contribution is 5.78. The predicted molar refractivity (Wildman–Crippen MR) is 116 cm³/mol. The summed E-state index contributed by atoms with van der Waals surface area (Å²) < 4.78 is 0. The van der Waals surface area contributed by atoms with E-state index >= 15 is 0 Å². The van der Waals surface area contributed by atoms with Gasteiger partial charge in [0.1, 0.15) is 0 Å². The van der Waals surface area contributed by atoms with Gasteiger partial charge < -0.3 is 14.9 Å². The molecule has 1 aliphatic heterocycles. The minimum Gasteiger partial charge on any atom is -0.388 e. The number of benzene rings is 1. The lowest BCUT2D eigenvalue weighted by Crippen LogP contribution is -2.59. The third kappa shape index (κ3) is 3.48. The zero-order valence-electron chi connectivity index (χ0n) is 18.3. The van der Waals surface area contributed by atoms with Gasteiger partial charge in [-0.2, -0.15) is 5.26 Å². The van der Waals surface area contributed by atoms with Gasteiger partial charge >= 0.3 is 6.03 Å². The Morgan fingerprint density at radius 3 is 2.30 bits per heavy atom. The molecule has 1 N–H and O–H groups in total. The largest absolute Gasteiger partial charge is 0.388 e. The highest BCUT2D eigenvalue weighted by atomic mass is 16.3. The first-order valence-corrected chi connectivity index (χ1v) is 11.2. The summed E-state index contributed by atoms with van der Waals surface area (Å²) in [5.74, 6) is 0. The van der Waals surface area contributed by atoms with E-state index in [1.807, 2.05) is 9.80 Å². The molecule has 2 amide bonds. The van der Waals surface area contributed by atoms with Crippen molar-refractivity contribution in [3.8, 4) is 6.07 Å². The van der Waals surface area contributed by atoms with Crippen molar-refractivity contribution in [1.82, 2.24) is 14.7 Å². The molecule has 3 aliphatic rings. The minimum atomic E-state index is -0.733. The number of nitrogens with zero attached hydrogens (tertiary/aromatic N) is 4. The summed E-state index contributed by atoms with van der Waals surface area (Å²) in [5, 5.41) is 19.9. The van der Waals surface area contributed by atoms with E-state index in [1.54, 1.807) is 0 Å². The van der Waals surface area contributed by atoms with Gasteiger partial charge in [0.25, 0.3) is 0 Å². The van der Waals surface area contributed by atoms with E-state index in [0.29, 0.717) is 26.1 Å². The summed E-state index contributed by atoms with van der Waals surface area (Å²) in [7, 11) is 4.30. The molecule has 30 heavy (non-hydrogen) atoms. The molecule has 6 heteroatoms. The molecule has 1 spiro atoms. The fraction of sp³-hybridized carbons (Fsp3) is 0.667. The summed E-state index contributed by atoms with van der Waals surface area (Å²) >= 11 is 0. The summed E-state index contributed by atoms with van der Waals surface area (Å²) in [6.45, 7) is 1.57. The van der Waals surface area contributed by atoms with Gasteiger partial charge in [0.05, 0.1) is 30.2 Å². The average Bonchev–Trinajstić information content (AvgIpc) is 2.97. The molecule has 0 aromatic heterocycles. The van der Waals surface area contributed by atoms with Crippen molar-refractivity contribution in [2.24, 2.45) is 0 Å². The maximum absolute atomic E-state index is 13.3. The minimum absolute atomic E-state index is 0.00244. The SMILES string of the molecule is CN(C)C1(c2ccccc2)CCC2(CC1)CN(CCC#N)C(=O)N2CC1(O)CCC1. The molecule has 1 aromatic rings. The van der Waals surface area contributed by atoms with Crippen molar-refractivity contribution in [2.45, 2.75) is 68.0 Å². The Labute approximate surface area is 180 Å². The van der Waals surface area contributed by atoms with Crippen LogP contribution in [0.1, 0.15) is 56.9 Å². The van der Waals surface area contributed by atoms with Crippen LogP contribution in [0.5, 0.6) is 0 Å². The highest BCUT2D eigenvalue weighted by Crippen LogP contribution is 2.50. The first-order valence-electron chi connectivity index (χ1n) is 11.2. The normalized spacial score (nSPS) is 30.6. The van der Waals surface area contributed by atoms with Gasteiger partial charge in [0, 0.05) is 18.6 Å². The van der Waals surface area contributed by atoms with Crippen molar-refractivity contribution >= 4 is 6.03 Å². The second-order valence-electron chi connectivity index (χ2n) is 9.79. The Balaban J connectivity index is 1.60. The van der Waals surface area contributed by atoms with Gasteiger partial charge in [0.15, 0.2) is 0 Å². The molecule has 2 saturated carbocycles. The molecule has 0 atom stereocenters. The van der Waals surface area contributed by atoms with E-state index in [9.17, 15) is 9.90 Å². The fourth-order valence-corrected chi connectivity index (χ4v) is 5.81. The molecule has 0 unspecified atom stereocenters. The molecule has 6 nitrogen and oxygen atoms in total. The number of amides is 2. The monoisotopic (exact) mass is 410 g/mol. The molecule has 1 saturated heterocycles. The van der Waals surface area contributed by atoms with E-state index in [-0.39, 0.29) is 17.1 Å². The Morgan fingerprint density at radius 1 is 1.10 bits per heavy atom. The standard InChI is InChI=1S/C24H34N4O2/c1-26(2)24(20-8-4-3-5-9-20)14-12-22(13-15-24)18-27(17-7-16-25)21(29)28(22)19-23(30)10-6-11-23/h3-5,8-9,30H,6-7,10-15,17-19H2,1-2H3. The lowest BCUT2D eigenvalue weighted by molar-refractivity contribution is -0.0725. The molecule has 1 heterocycles. The number of hydrogen-bond acceptors (Lipinski definition) is 4. The Kier molecular flexibility index (Phi) is 5.54. The van der Waals surface area contributed by atoms with Crippen LogP contribution in [-0.2, 0) is 5.54 Å². The van der Waals surface area contributed by atoms with Gasteiger partial charge in [-0.15, -0.1) is 0 Å². The van der Waals surface area contributed by atoms with Gasteiger partial charge in [-0.05, 0) is 64.6 Å². The first kappa shape index (κ1) is 21.1. The van der Waals surface area contributed by atoms with E-state index < -0.39 is 5.60 Å². The third-order valence-electron chi connectivity index (χ3n) is 7.96. The molecule has 0 radical (unpaired) electrons. The molecule has 3 fully saturated rings. The number of aliphatic hydroxyl groups is 1. The average molecular weight is 411 g/mol. The number of rotatable bonds is 6. The van der Waals surface area contributed by atoms with Crippen LogP contribution in [0.25, 0.3) is 0 Å². The van der Waals surface area contributed by atoms with Crippen molar-refractivity contribution < 1.29 is 9.90 Å². The summed E-state index contributed by atoms with van der Waals surface area (Å²) in [4.78, 5) is 19.4. The second kappa shape index (κ2) is 7.86. The van der Waals surface area contributed by atoms with Crippen LogP contribution in [0.4, 0.5) is 4.79 Å². The first-order chi connectivity index (χ1) is 14.3. The lowest BCUT2D eigenvalue weighted by Gasteiger charge is -2.52. The number of carbonyl (C=O) groups is 1. The van der Waals surface area contributed by atoms with Crippen molar-refractivity contribution in [2.75, 3.05) is 33.7 Å². The molecular formula is C24H34N4O2. The maximum atomic E-state index is 13.3. The van der Waals surface area contributed by atoms with E-state index in [1.165, 1.54) is 5.56 Å². The Morgan fingerprint density at radius 2 is 1.77 bits per heavy atom. The maximum Gasteiger partial charge on any atom is 0.320 e. The quantitative estimate of drug-likeness (QED) is 0.781. The smallest absolute Gasteiger partial charge is 0.320 e. The number of hydrogen-bond donors (Lipinski definition) is 1. The highest BCUT2D eigenvalue weighted by Gasteiger charge is 2.56. The van der Waals surface area contributed by atoms with Crippen LogP contribution in [0.3, 0.4) is 0 Å². The van der Waals surface area contributed by atoms with Gasteiger partial charge in [-0.25, -0.2) is 4.79 Å². The van der Waals surface area contributed by atoms with Crippen LogP contribution < -0.4 is 0 Å². The molecule has 4 rings (SSSR count). The molecule has 0 bridgehead atoms. The third-order valence-corrected chi connectivity index (χ3v) is 7.96. The number of carbonyl (C=O) groups excluding carboxylic acids is 1. The molecule has 162 valence electrons. The van der Waals surface area contributed by atoms with E-state index in [2.05, 4.69) is 55.4 Å². The number of nitriles is 1. The zero-order valence-corrected chi connectivity index (χ0v) is 18.3. The zero-order chi connectivity index (χ0) is 21.4. The van der Waals surface area contributed by atoms with E-state index in [4.69, 9.17) is 5.26 Å². The van der Waals surface area contributed by atoms with Crippen LogP contribution in [0.2, 0.25) is 0 Å².